The van der Waals surface area contributed by atoms with Gasteiger partial charge in [0.1, 0.15) is 4.21 Å². The van der Waals surface area contributed by atoms with Crippen LogP contribution in [-0.2, 0) is 10.0 Å². The van der Waals surface area contributed by atoms with E-state index < -0.39 is 10.0 Å². The Morgan fingerprint density at radius 2 is 2.00 bits per heavy atom. The van der Waals surface area contributed by atoms with Crippen LogP contribution >= 0.6 is 27.3 Å². The van der Waals surface area contributed by atoms with Crippen LogP contribution in [0.15, 0.2) is 49.5 Å². The first-order chi connectivity index (χ1) is 9.87. The molecule has 1 aromatic carbocycles. The number of sulfonamides is 1. The lowest BCUT2D eigenvalue weighted by Gasteiger charge is -2.21. The zero-order valence-corrected chi connectivity index (χ0v) is 14.1. The highest BCUT2D eigenvalue weighted by molar-refractivity contribution is 9.11. The molecule has 0 aliphatic heterocycles. The predicted molar refractivity (Wildman–Crippen MR) is 86.6 cm³/mol. The molecule has 1 heterocycles. The fourth-order valence-corrected chi connectivity index (χ4v) is 5.11. The number of benzene rings is 1. The number of nitrogens with zero attached hydrogens (tertiary/aromatic N) is 2. The van der Waals surface area contributed by atoms with Gasteiger partial charge in [0.15, 0.2) is 5.84 Å². The summed E-state index contributed by atoms with van der Waals surface area (Å²) < 4.78 is 27.2. The summed E-state index contributed by atoms with van der Waals surface area (Å²) in [4.78, 5) is 0. The molecule has 2 rings (SSSR count). The van der Waals surface area contributed by atoms with Crippen LogP contribution in [-0.4, -0.2) is 26.5 Å². The highest BCUT2D eigenvalue weighted by atomic mass is 79.9. The largest absolute Gasteiger partial charge is 0.409 e. The summed E-state index contributed by atoms with van der Waals surface area (Å²) in [5, 5.41) is 11.7. The molecule has 0 atom stereocenters. The number of hydrogen-bond donors (Lipinski definition) is 2. The second-order valence-corrected chi connectivity index (χ2v) is 8.69. The van der Waals surface area contributed by atoms with Crippen molar-refractivity contribution in [2.24, 2.45) is 10.9 Å². The maximum atomic E-state index is 12.6. The molecule has 0 unspecified atom stereocenters. The first kappa shape index (κ1) is 15.8. The van der Waals surface area contributed by atoms with E-state index in [0.29, 0.717) is 11.3 Å². The highest BCUT2D eigenvalue weighted by Gasteiger charge is 2.25. The maximum Gasteiger partial charge on any atom is 0.273 e. The maximum absolute atomic E-state index is 12.6. The average molecular weight is 390 g/mol. The van der Waals surface area contributed by atoms with Crippen molar-refractivity contribution < 1.29 is 13.6 Å². The van der Waals surface area contributed by atoms with Crippen LogP contribution in [0.2, 0.25) is 0 Å². The van der Waals surface area contributed by atoms with E-state index in [4.69, 9.17) is 10.9 Å². The summed E-state index contributed by atoms with van der Waals surface area (Å²) in [6.07, 6.45) is 0. The van der Waals surface area contributed by atoms with Crippen LogP contribution in [0.5, 0.6) is 0 Å². The summed E-state index contributed by atoms with van der Waals surface area (Å²) in [5.41, 5.74) is 6.26. The van der Waals surface area contributed by atoms with Gasteiger partial charge in [0.05, 0.1) is 9.47 Å². The quantitative estimate of drug-likeness (QED) is 0.363. The van der Waals surface area contributed by atoms with Gasteiger partial charge in [0.2, 0.25) is 0 Å². The Bertz CT molecular complexity index is 787. The number of oxime groups is 1. The van der Waals surface area contributed by atoms with E-state index in [9.17, 15) is 8.42 Å². The normalized spacial score (nSPS) is 12.4. The zero-order valence-electron chi connectivity index (χ0n) is 10.9. The minimum Gasteiger partial charge on any atom is -0.409 e. The van der Waals surface area contributed by atoms with Crippen molar-refractivity contribution in [2.45, 2.75) is 4.21 Å². The van der Waals surface area contributed by atoms with Gasteiger partial charge in [-0.25, -0.2) is 8.42 Å². The molecule has 0 aliphatic rings. The predicted octanol–water partition coefficient (Wildman–Crippen LogP) is 2.43. The molecule has 0 spiro atoms. The number of anilines is 1. The van der Waals surface area contributed by atoms with E-state index >= 15 is 0 Å². The van der Waals surface area contributed by atoms with Gasteiger partial charge in [-0.1, -0.05) is 17.3 Å². The molecule has 0 amide bonds. The van der Waals surface area contributed by atoms with Crippen molar-refractivity contribution in [3.05, 3.63) is 45.7 Å². The van der Waals surface area contributed by atoms with Crippen molar-refractivity contribution in [1.82, 2.24) is 0 Å². The van der Waals surface area contributed by atoms with Crippen molar-refractivity contribution in [3.63, 3.8) is 0 Å². The molecule has 6 nitrogen and oxygen atoms in total. The number of thiophene rings is 1. The summed E-state index contributed by atoms with van der Waals surface area (Å²) in [6, 6.07) is 9.72. The molecule has 112 valence electrons. The molecule has 0 radical (unpaired) electrons. The van der Waals surface area contributed by atoms with Crippen LogP contribution < -0.4 is 10.0 Å². The van der Waals surface area contributed by atoms with Gasteiger partial charge in [-0.2, -0.15) is 0 Å². The van der Waals surface area contributed by atoms with Crippen molar-refractivity contribution in [2.75, 3.05) is 11.4 Å². The lowest BCUT2D eigenvalue weighted by atomic mass is 10.1. The average Bonchev–Trinajstić information content (AvgIpc) is 2.93. The number of hydrogen-bond acceptors (Lipinski definition) is 5. The number of nitrogens with two attached hydrogens (primary N) is 1. The van der Waals surface area contributed by atoms with Gasteiger partial charge in [-0.15, -0.1) is 11.3 Å². The van der Waals surface area contributed by atoms with Gasteiger partial charge in [0.25, 0.3) is 10.0 Å². The van der Waals surface area contributed by atoms with Crippen molar-refractivity contribution in [1.29, 1.82) is 0 Å². The van der Waals surface area contributed by atoms with Gasteiger partial charge in [-0.05, 0) is 40.2 Å². The SMILES string of the molecule is CN(c1ccccc1/C(N)=N/O)S(=O)(=O)c1ccc(Br)s1. The Balaban J connectivity index is 2.53. The van der Waals surface area contributed by atoms with Gasteiger partial charge < -0.3 is 10.9 Å². The minimum atomic E-state index is -3.71. The molecule has 2 aromatic rings. The second-order valence-electron chi connectivity index (χ2n) is 4.03. The first-order valence-electron chi connectivity index (χ1n) is 5.69. The van der Waals surface area contributed by atoms with Crippen LogP contribution in [0.25, 0.3) is 0 Å². The molecule has 0 aliphatic carbocycles. The van der Waals surface area contributed by atoms with E-state index in [-0.39, 0.29) is 10.0 Å². The Hall–Kier alpha value is -1.58. The van der Waals surface area contributed by atoms with Crippen LogP contribution in [0.1, 0.15) is 5.56 Å². The lowest BCUT2D eigenvalue weighted by Crippen LogP contribution is -2.28. The molecule has 21 heavy (non-hydrogen) atoms. The monoisotopic (exact) mass is 389 g/mol. The molecule has 0 saturated carbocycles. The molecule has 3 N–H and O–H groups in total. The third kappa shape index (κ3) is 3.04. The molecule has 9 heteroatoms. The van der Waals surface area contributed by atoms with Gasteiger partial charge in [0, 0.05) is 12.6 Å². The number of amidine groups is 1. The van der Waals surface area contributed by atoms with Crippen LogP contribution in [0.3, 0.4) is 0 Å². The first-order valence-corrected chi connectivity index (χ1v) is 8.74. The van der Waals surface area contributed by atoms with E-state index in [1.165, 1.54) is 13.1 Å². The topological polar surface area (TPSA) is 96.0 Å². The fraction of sp³-hybridized carbons (Fsp3) is 0.0833. The van der Waals surface area contributed by atoms with E-state index in [2.05, 4.69) is 21.1 Å². The van der Waals surface area contributed by atoms with Gasteiger partial charge in [-0.3, -0.25) is 4.31 Å². The Labute approximate surface area is 134 Å². The number of rotatable bonds is 4. The molecular weight excluding hydrogens is 378 g/mol. The Morgan fingerprint density at radius 1 is 1.33 bits per heavy atom. The standard InChI is InChI=1S/C12H12BrN3O3S2/c1-16(21(18,19)11-7-6-10(13)20-11)9-5-3-2-4-8(9)12(14)15-17/h2-7,17H,1H3,(H2,14,15). The molecule has 0 bridgehead atoms. The Morgan fingerprint density at radius 3 is 2.57 bits per heavy atom. The summed E-state index contributed by atoms with van der Waals surface area (Å²) in [5.74, 6) is -0.153. The summed E-state index contributed by atoms with van der Waals surface area (Å²) in [6.45, 7) is 0. The van der Waals surface area contributed by atoms with E-state index in [1.807, 2.05) is 0 Å². The molecular formula is C12H12BrN3O3S2. The fourth-order valence-electron chi connectivity index (χ4n) is 1.72. The van der Waals surface area contributed by atoms with Crippen LogP contribution in [0.4, 0.5) is 5.69 Å². The van der Waals surface area contributed by atoms with Crippen molar-refractivity contribution >= 4 is 48.8 Å². The van der Waals surface area contributed by atoms with Crippen molar-refractivity contribution in [3.8, 4) is 0 Å². The second kappa shape index (κ2) is 6.04. The zero-order chi connectivity index (χ0) is 15.6. The third-order valence-corrected chi connectivity index (χ3v) is 6.65. The Kier molecular flexibility index (Phi) is 4.55. The summed E-state index contributed by atoms with van der Waals surface area (Å²) in [7, 11) is -2.28. The third-order valence-electron chi connectivity index (χ3n) is 2.79. The minimum absolute atomic E-state index is 0.153. The number of halogens is 1. The molecule has 0 fully saturated rings. The smallest absolute Gasteiger partial charge is 0.273 e. The number of para-hydroxylation sites is 1. The van der Waals surface area contributed by atoms with E-state index in [0.717, 1.165) is 19.4 Å². The lowest BCUT2D eigenvalue weighted by molar-refractivity contribution is 0.318. The van der Waals surface area contributed by atoms with Gasteiger partial charge >= 0.3 is 0 Å². The molecule has 0 saturated heterocycles. The van der Waals surface area contributed by atoms with E-state index in [1.54, 1.807) is 30.3 Å². The highest BCUT2D eigenvalue weighted by Crippen LogP contribution is 2.31. The van der Waals surface area contributed by atoms with Crippen LogP contribution in [0, 0.1) is 0 Å². The molecule has 1 aromatic heterocycles. The summed E-state index contributed by atoms with van der Waals surface area (Å²) >= 11 is 4.36.